The maximum atomic E-state index is 3.52. The van der Waals surface area contributed by atoms with E-state index in [9.17, 15) is 0 Å². The SMILES string of the molecule is c1ccc2c(c1)Cc1cc([C@@H](C3CCCC3)N3CCNCC3)ccc1-2. The normalized spacial score (nSPS) is 21.9. The summed E-state index contributed by atoms with van der Waals surface area (Å²) in [5, 5.41) is 3.52. The van der Waals surface area contributed by atoms with E-state index in [1.54, 1.807) is 5.56 Å². The van der Waals surface area contributed by atoms with E-state index in [1.807, 2.05) is 0 Å². The molecule has 1 N–H and O–H groups in total. The Hall–Kier alpha value is -1.64. The average molecular weight is 332 g/mol. The minimum absolute atomic E-state index is 0.624. The molecule has 130 valence electrons. The first-order valence-corrected chi connectivity index (χ1v) is 10.1. The number of piperazine rings is 1. The van der Waals surface area contributed by atoms with Crippen molar-refractivity contribution in [3.8, 4) is 11.1 Å². The first-order chi connectivity index (χ1) is 12.4. The van der Waals surface area contributed by atoms with Gasteiger partial charge in [0.05, 0.1) is 0 Å². The molecule has 25 heavy (non-hydrogen) atoms. The third-order valence-corrected chi connectivity index (χ3v) is 6.55. The van der Waals surface area contributed by atoms with Crippen molar-refractivity contribution in [3.63, 3.8) is 0 Å². The van der Waals surface area contributed by atoms with Gasteiger partial charge in [-0.25, -0.2) is 0 Å². The largest absolute Gasteiger partial charge is 0.314 e. The second-order valence-corrected chi connectivity index (χ2v) is 8.03. The zero-order valence-corrected chi connectivity index (χ0v) is 15.0. The van der Waals surface area contributed by atoms with E-state index >= 15 is 0 Å². The number of nitrogens with zero attached hydrogens (tertiary/aromatic N) is 1. The van der Waals surface area contributed by atoms with Gasteiger partial charge in [0.15, 0.2) is 0 Å². The van der Waals surface area contributed by atoms with E-state index in [1.165, 1.54) is 61.0 Å². The van der Waals surface area contributed by atoms with Crippen molar-refractivity contribution in [2.75, 3.05) is 26.2 Å². The molecular weight excluding hydrogens is 304 g/mol. The number of hydrogen-bond donors (Lipinski definition) is 1. The summed E-state index contributed by atoms with van der Waals surface area (Å²) >= 11 is 0. The summed E-state index contributed by atoms with van der Waals surface area (Å²) in [4.78, 5) is 2.76. The highest BCUT2D eigenvalue weighted by molar-refractivity contribution is 5.77. The van der Waals surface area contributed by atoms with Crippen LogP contribution in [0.3, 0.4) is 0 Å². The first kappa shape index (κ1) is 15.6. The molecule has 0 bridgehead atoms. The number of benzene rings is 2. The molecule has 1 aliphatic heterocycles. The van der Waals surface area contributed by atoms with E-state index < -0.39 is 0 Å². The monoisotopic (exact) mass is 332 g/mol. The van der Waals surface area contributed by atoms with Crippen LogP contribution in [0.5, 0.6) is 0 Å². The molecule has 1 heterocycles. The quantitative estimate of drug-likeness (QED) is 0.765. The highest BCUT2D eigenvalue weighted by Gasteiger charge is 2.32. The van der Waals surface area contributed by atoms with Crippen molar-refractivity contribution in [1.82, 2.24) is 10.2 Å². The summed E-state index contributed by atoms with van der Waals surface area (Å²) in [6.07, 6.45) is 6.77. The van der Waals surface area contributed by atoms with E-state index in [0.717, 1.165) is 25.4 Å². The number of rotatable bonds is 3. The molecule has 2 fully saturated rings. The molecule has 5 rings (SSSR count). The van der Waals surface area contributed by atoms with Crippen LogP contribution in [-0.4, -0.2) is 31.1 Å². The van der Waals surface area contributed by atoms with Crippen LogP contribution in [0.25, 0.3) is 11.1 Å². The third kappa shape index (κ3) is 2.82. The van der Waals surface area contributed by atoms with Crippen molar-refractivity contribution < 1.29 is 0 Å². The molecule has 0 amide bonds. The third-order valence-electron chi connectivity index (χ3n) is 6.55. The van der Waals surface area contributed by atoms with E-state index in [-0.39, 0.29) is 0 Å². The molecule has 0 aromatic heterocycles. The summed E-state index contributed by atoms with van der Waals surface area (Å²) in [5.41, 5.74) is 7.51. The summed E-state index contributed by atoms with van der Waals surface area (Å²) in [6, 6.07) is 16.9. The summed E-state index contributed by atoms with van der Waals surface area (Å²) in [6.45, 7) is 4.66. The van der Waals surface area contributed by atoms with Gasteiger partial charge in [-0.15, -0.1) is 0 Å². The smallest absolute Gasteiger partial charge is 0.0377 e. The Balaban J connectivity index is 1.50. The lowest BCUT2D eigenvalue weighted by Gasteiger charge is -2.39. The zero-order chi connectivity index (χ0) is 16.6. The Morgan fingerprint density at radius 3 is 2.48 bits per heavy atom. The number of fused-ring (bicyclic) bond motifs is 3. The summed E-state index contributed by atoms with van der Waals surface area (Å²) < 4.78 is 0. The predicted octanol–water partition coefficient (Wildman–Crippen LogP) is 4.39. The molecule has 0 spiro atoms. The van der Waals surface area contributed by atoms with E-state index in [0.29, 0.717) is 6.04 Å². The molecule has 3 aliphatic rings. The summed E-state index contributed by atoms with van der Waals surface area (Å²) in [7, 11) is 0. The topological polar surface area (TPSA) is 15.3 Å². The van der Waals surface area contributed by atoms with Crippen LogP contribution in [0.2, 0.25) is 0 Å². The molecule has 0 radical (unpaired) electrons. The van der Waals surface area contributed by atoms with Gasteiger partial charge in [-0.3, -0.25) is 4.90 Å². The van der Waals surface area contributed by atoms with Crippen molar-refractivity contribution in [2.24, 2.45) is 5.92 Å². The van der Waals surface area contributed by atoms with Crippen LogP contribution in [0.4, 0.5) is 0 Å². The molecule has 2 aromatic rings. The Morgan fingerprint density at radius 2 is 1.64 bits per heavy atom. The Labute approximate surface area is 151 Å². The highest BCUT2D eigenvalue weighted by Crippen LogP contribution is 2.43. The first-order valence-electron chi connectivity index (χ1n) is 10.1. The lowest BCUT2D eigenvalue weighted by atomic mass is 9.88. The number of nitrogens with one attached hydrogen (secondary N) is 1. The Morgan fingerprint density at radius 1 is 0.880 bits per heavy atom. The van der Waals surface area contributed by atoms with Crippen LogP contribution < -0.4 is 5.32 Å². The second-order valence-electron chi connectivity index (χ2n) is 8.03. The van der Waals surface area contributed by atoms with Gasteiger partial charge in [0.25, 0.3) is 0 Å². The standard InChI is InChI=1S/C23H28N2/c1-2-6-17(5-1)23(25-13-11-24-12-14-25)19-9-10-22-20(16-19)15-18-7-3-4-8-21(18)22/h3-4,7-10,16-17,23-24H,1-2,5-6,11-15H2/t23-/m1/s1. The fourth-order valence-electron chi connectivity index (χ4n) is 5.36. The molecule has 1 saturated carbocycles. The minimum atomic E-state index is 0.624. The second kappa shape index (κ2) is 6.59. The highest BCUT2D eigenvalue weighted by atomic mass is 15.2. The van der Waals surface area contributed by atoms with Gasteiger partial charge >= 0.3 is 0 Å². The molecule has 1 saturated heterocycles. The van der Waals surface area contributed by atoms with Crippen molar-refractivity contribution >= 4 is 0 Å². The van der Waals surface area contributed by atoms with Gasteiger partial charge in [-0.05, 0) is 53.0 Å². The van der Waals surface area contributed by atoms with Crippen LogP contribution in [0, 0.1) is 5.92 Å². The fraction of sp³-hybridized carbons (Fsp3) is 0.478. The average Bonchev–Trinajstić information content (AvgIpc) is 3.30. The molecule has 2 nitrogen and oxygen atoms in total. The van der Waals surface area contributed by atoms with Crippen molar-refractivity contribution in [2.45, 2.75) is 38.1 Å². The molecule has 1 atom stereocenters. The van der Waals surface area contributed by atoms with E-state index in [2.05, 4.69) is 52.7 Å². The van der Waals surface area contributed by atoms with Crippen molar-refractivity contribution in [1.29, 1.82) is 0 Å². The lowest BCUT2D eigenvalue weighted by molar-refractivity contribution is 0.125. The van der Waals surface area contributed by atoms with Crippen LogP contribution in [0.15, 0.2) is 42.5 Å². The Kier molecular flexibility index (Phi) is 4.11. The van der Waals surface area contributed by atoms with E-state index in [4.69, 9.17) is 0 Å². The predicted molar refractivity (Wildman–Crippen MR) is 104 cm³/mol. The fourth-order valence-corrected chi connectivity index (χ4v) is 5.36. The van der Waals surface area contributed by atoms with Gasteiger partial charge in [-0.1, -0.05) is 55.3 Å². The van der Waals surface area contributed by atoms with Gasteiger partial charge in [0.1, 0.15) is 0 Å². The maximum absolute atomic E-state index is 3.52. The molecule has 2 heteroatoms. The van der Waals surface area contributed by atoms with Gasteiger partial charge in [0.2, 0.25) is 0 Å². The molecular formula is C23H28N2. The molecule has 0 unspecified atom stereocenters. The summed E-state index contributed by atoms with van der Waals surface area (Å²) in [5.74, 6) is 0.847. The molecule has 2 aromatic carbocycles. The number of hydrogen-bond acceptors (Lipinski definition) is 2. The van der Waals surface area contributed by atoms with Gasteiger partial charge in [-0.2, -0.15) is 0 Å². The zero-order valence-electron chi connectivity index (χ0n) is 15.0. The van der Waals surface area contributed by atoms with Crippen LogP contribution in [0.1, 0.15) is 48.4 Å². The lowest BCUT2D eigenvalue weighted by Crippen LogP contribution is -2.46. The van der Waals surface area contributed by atoms with Gasteiger partial charge in [0, 0.05) is 32.2 Å². The van der Waals surface area contributed by atoms with Crippen LogP contribution >= 0.6 is 0 Å². The van der Waals surface area contributed by atoms with Crippen LogP contribution in [-0.2, 0) is 6.42 Å². The van der Waals surface area contributed by atoms with Gasteiger partial charge < -0.3 is 5.32 Å². The molecule has 2 aliphatic carbocycles. The Bertz CT molecular complexity index is 754. The van der Waals surface area contributed by atoms with Crippen molar-refractivity contribution in [3.05, 3.63) is 59.2 Å². The maximum Gasteiger partial charge on any atom is 0.0377 e. The minimum Gasteiger partial charge on any atom is -0.314 e.